The summed E-state index contributed by atoms with van der Waals surface area (Å²) in [6.07, 6.45) is 9.32. The van der Waals surface area contributed by atoms with Gasteiger partial charge in [0, 0.05) is 55.1 Å². The number of carbonyl (C=O) groups excluding carboxylic acids is 1. The predicted octanol–water partition coefficient (Wildman–Crippen LogP) is 4.21. The van der Waals surface area contributed by atoms with Crippen molar-refractivity contribution in [2.75, 3.05) is 16.8 Å². The molecular weight excluding hydrogens is 482 g/mol. The molecule has 1 fully saturated rings. The molecule has 0 radical (unpaired) electrons. The van der Waals surface area contributed by atoms with Gasteiger partial charge in [0.15, 0.2) is 5.94 Å². The highest BCUT2D eigenvalue weighted by atomic mass is 16.4. The molecule has 1 aliphatic carbocycles. The number of amides is 1. The molecule has 6 rings (SSSR count). The van der Waals surface area contributed by atoms with Gasteiger partial charge in [-0.25, -0.2) is 9.59 Å². The Kier molecular flexibility index (Phi) is 5.81. The number of aromatic nitrogens is 4. The zero-order valence-electron chi connectivity index (χ0n) is 21.1. The number of benzene rings is 1. The van der Waals surface area contributed by atoms with Gasteiger partial charge in [0.1, 0.15) is 0 Å². The van der Waals surface area contributed by atoms with Gasteiger partial charge in [-0.2, -0.15) is 5.10 Å². The minimum Gasteiger partial charge on any atom is -0.465 e. The second-order valence-corrected chi connectivity index (χ2v) is 9.87. The number of pyridine rings is 2. The first kappa shape index (κ1) is 23.7. The number of carboxylic acid groups (broad SMARTS) is 1. The Hall–Kier alpha value is -4.69. The SMILES string of the molecule is CN1C(=C=O)N([C@H]2CC[C@H](NC(=O)O)CC2)c2c1cnc1ccc(-c3ccc(-c4cnn(C)c4)nc3)cc21. The fourth-order valence-corrected chi connectivity index (χ4v) is 5.64. The van der Waals surface area contributed by atoms with Gasteiger partial charge in [0.2, 0.25) is 5.82 Å². The Morgan fingerprint density at radius 3 is 2.45 bits per heavy atom. The summed E-state index contributed by atoms with van der Waals surface area (Å²) in [5.41, 5.74) is 6.40. The van der Waals surface area contributed by atoms with E-state index in [1.54, 1.807) is 17.1 Å². The molecule has 0 atom stereocenters. The third-order valence-corrected chi connectivity index (χ3v) is 7.55. The number of anilines is 2. The Morgan fingerprint density at radius 2 is 1.79 bits per heavy atom. The van der Waals surface area contributed by atoms with Crippen LogP contribution in [0.2, 0.25) is 0 Å². The maximum atomic E-state index is 12.2. The van der Waals surface area contributed by atoms with Crippen LogP contribution in [0, 0.1) is 0 Å². The second-order valence-electron chi connectivity index (χ2n) is 9.87. The van der Waals surface area contributed by atoms with Gasteiger partial charge >= 0.3 is 6.09 Å². The Balaban J connectivity index is 1.38. The summed E-state index contributed by atoms with van der Waals surface area (Å²) < 4.78 is 1.75. The number of hydrogen-bond donors (Lipinski definition) is 2. The van der Waals surface area contributed by atoms with E-state index in [2.05, 4.69) is 37.3 Å². The molecule has 1 amide bonds. The van der Waals surface area contributed by atoms with Crippen molar-refractivity contribution in [3.05, 3.63) is 60.9 Å². The van der Waals surface area contributed by atoms with E-state index < -0.39 is 6.09 Å². The predicted molar refractivity (Wildman–Crippen MR) is 144 cm³/mol. The molecule has 38 heavy (non-hydrogen) atoms. The average molecular weight is 510 g/mol. The van der Waals surface area contributed by atoms with Gasteiger partial charge < -0.3 is 20.2 Å². The molecule has 2 N–H and O–H groups in total. The monoisotopic (exact) mass is 509 g/mol. The highest BCUT2D eigenvalue weighted by molar-refractivity contribution is 6.05. The van der Waals surface area contributed by atoms with E-state index in [1.807, 2.05) is 55.7 Å². The summed E-state index contributed by atoms with van der Waals surface area (Å²) in [7, 11) is 3.74. The molecule has 1 aliphatic heterocycles. The third kappa shape index (κ3) is 4.05. The summed E-state index contributed by atoms with van der Waals surface area (Å²) in [6.45, 7) is 0. The third-order valence-electron chi connectivity index (χ3n) is 7.55. The van der Waals surface area contributed by atoms with E-state index >= 15 is 0 Å². The van der Waals surface area contributed by atoms with Crippen LogP contribution in [-0.2, 0) is 11.8 Å². The number of aryl methyl sites for hydroxylation is 1. The molecule has 1 saturated carbocycles. The van der Waals surface area contributed by atoms with E-state index in [4.69, 9.17) is 5.11 Å². The normalized spacial score (nSPS) is 18.9. The standard InChI is InChI=1S/C28H27N7O3/c1-33-15-19(13-31-33)23-9-4-18(12-29-23)17-3-10-24-22(11-17)27-25(14-30-24)34(2)26(16-36)35(27)21-7-5-20(6-8-21)32-28(37)38/h3-4,9-15,20-21,32H,5-8H2,1-2H3,(H,37,38)/t20-,21-. The van der Waals surface area contributed by atoms with Gasteiger partial charge in [-0.05, 0) is 49.4 Å². The lowest BCUT2D eigenvalue weighted by Gasteiger charge is -2.36. The molecule has 10 heteroatoms. The number of nitrogens with zero attached hydrogens (tertiary/aromatic N) is 6. The molecule has 4 aromatic rings. The zero-order valence-corrected chi connectivity index (χ0v) is 21.1. The molecule has 192 valence electrons. The molecule has 0 bridgehead atoms. The lowest BCUT2D eigenvalue weighted by molar-refractivity contribution is 0.185. The molecular formula is C28H27N7O3. The smallest absolute Gasteiger partial charge is 0.404 e. The molecule has 0 saturated heterocycles. The van der Waals surface area contributed by atoms with Crippen molar-refractivity contribution in [2.45, 2.75) is 37.8 Å². The van der Waals surface area contributed by atoms with Crippen molar-refractivity contribution in [2.24, 2.45) is 7.05 Å². The van der Waals surface area contributed by atoms with E-state index in [1.165, 1.54) is 0 Å². The van der Waals surface area contributed by atoms with Crippen LogP contribution in [0.1, 0.15) is 25.7 Å². The Labute approximate surface area is 219 Å². The molecule has 4 heterocycles. The summed E-state index contributed by atoms with van der Waals surface area (Å²) in [5, 5.41) is 16.9. The first-order chi connectivity index (χ1) is 18.4. The second kappa shape index (κ2) is 9.32. The lowest BCUT2D eigenvalue weighted by Crippen LogP contribution is -2.43. The fraction of sp³-hybridized carbons (Fsp3) is 0.286. The minimum atomic E-state index is -0.999. The zero-order chi connectivity index (χ0) is 26.4. The van der Waals surface area contributed by atoms with Crippen LogP contribution in [0.5, 0.6) is 0 Å². The van der Waals surface area contributed by atoms with Crippen molar-refractivity contribution in [3.8, 4) is 22.4 Å². The van der Waals surface area contributed by atoms with Gasteiger partial charge in [-0.1, -0.05) is 12.1 Å². The summed E-state index contributed by atoms with van der Waals surface area (Å²) in [4.78, 5) is 36.5. The van der Waals surface area contributed by atoms with Crippen LogP contribution in [0.4, 0.5) is 16.2 Å². The lowest BCUT2D eigenvalue weighted by atomic mass is 9.89. The molecule has 1 aromatic carbocycles. The van der Waals surface area contributed by atoms with Crippen LogP contribution in [-0.4, -0.2) is 56.0 Å². The highest BCUT2D eigenvalue weighted by Crippen LogP contribution is 2.47. The van der Waals surface area contributed by atoms with Crippen LogP contribution in [0.25, 0.3) is 33.3 Å². The number of rotatable bonds is 4. The first-order valence-corrected chi connectivity index (χ1v) is 12.6. The average Bonchev–Trinajstić information content (AvgIpc) is 3.49. The van der Waals surface area contributed by atoms with Gasteiger partial charge in [-0.15, -0.1) is 0 Å². The Bertz CT molecular complexity index is 1580. The Morgan fingerprint density at radius 1 is 1.00 bits per heavy atom. The molecule has 2 aliphatic rings. The number of fused-ring (bicyclic) bond motifs is 3. The molecule has 0 unspecified atom stereocenters. The molecule has 10 nitrogen and oxygen atoms in total. The van der Waals surface area contributed by atoms with Crippen LogP contribution in [0.3, 0.4) is 0 Å². The summed E-state index contributed by atoms with van der Waals surface area (Å²) >= 11 is 0. The number of hydrogen-bond acceptors (Lipinski definition) is 7. The van der Waals surface area contributed by atoms with Crippen molar-refractivity contribution >= 4 is 34.3 Å². The van der Waals surface area contributed by atoms with Crippen LogP contribution >= 0.6 is 0 Å². The van der Waals surface area contributed by atoms with Crippen molar-refractivity contribution in [3.63, 3.8) is 0 Å². The molecule has 0 spiro atoms. The summed E-state index contributed by atoms with van der Waals surface area (Å²) in [5.74, 6) is 2.61. The van der Waals surface area contributed by atoms with Crippen molar-refractivity contribution in [1.82, 2.24) is 25.1 Å². The van der Waals surface area contributed by atoms with E-state index in [9.17, 15) is 9.59 Å². The first-order valence-electron chi connectivity index (χ1n) is 12.6. The van der Waals surface area contributed by atoms with Gasteiger partial charge in [-0.3, -0.25) is 14.6 Å². The van der Waals surface area contributed by atoms with Crippen LogP contribution in [0.15, 0.2) is 60.9 Å². The van der Waals surface area contributed by atoms with E-state index in [0.717, 1.165) is 57.5 Å². The highest BCUT2D eigenvalue weighted by Gasteiger charge is 2.38. The van der Waals surface area contributed by atoms with Gasteiger partial charge in [0.05, 0.1) is 35.0 Å². The van der Waals surface area contributed by atoms with E-state index in [0.29, 0.717) is 18.7 Å². The van der Waals surface area contributed by atoms with E-state index in [-0.39, 0.29) is 12.1 Å². The number of carbonyl (C=O) groups is 1. The summed E-state index contributed by atoms with van der Waals surface area (Å²) in [6, 6.07) is 10.1. The number of nitrogens with one attached hydrogen (secondary N) is 1. The van der Waals surface area contributed by atoms with Crippen molar-refractivity contribution < 1.29 is 14.7 Å². The quantitative estimate of drug-likeness (QED) is 0.393. The van der Waals surface area contributed by atoms with Crippen LogP contribution < -0.4 is 15.1 Å². The largest absolute Gasteiger partial charge is 0.465 e. The topological polar surface area (TPSA) is 116 Å². The molecule has 3 aromatic heterocycles. The van der Waals surface area contributed by atoms with Gasteiger partial charge in [0.25, 0.3) is 0 Å². The minimum absolute atomic E-state index is 0.0525. The fourth-order valence-electron chi connectivity index (χ4n) is 5.64. The maximum absolute atomic E-state index is 12.2. The maximum Gasteiger partial charge on any atom is 0.404 e. The van der Waals surface area contributed by atoms with Crippen molar-refractivity contribution in [1.29, 1.82) is 0 Å².